The number of nitrogens with zero attached hydrogens (tertiary/aromatic N) is 5. The first kappa shape index (κ1) is 16.1. The molecule has 1 N–H and O–H groups in total. The second-order valence-electron chi connectivity index (χ2n) is 5.88. The van der Waals surface area contributed by atoms with E-state index in [1.165, 1.54) is 0 Å². The minimum Gasteiger partial charge on any atom is -0.354 e. The molecule has 0 aliphatic heterocycles. The lowest BCUT2D eigenvalue weighted by Crippen LogP contribution is -2.09. The lowest BCUT2D eigenvalue weighted by Gasteiger charge is -2.07. The van der Waals surface area contributed by atoms with Gasteiger partial charge in [-0.3, -0.25) is 9.67 Å². The van der Waals surface area contributed by atoms with Gasteiger partial charge in [0.2, 0.25) is 5.95 Å². The van der Waals surface area contributed by atoms with E-state index in [0.29, 0.717) is 5.95 Å². The number of pyridine rings is 1. The second-order valence-corrected chi connectivity index (χ2v) is 5.88. The Bertz CT molecular complexity index is 852. The van der Waals surface area contributed by atoms with Gasteiger partial charge >= 0.3 is 0 Å². The van der Waals surface area contributed by atoms with E-state index in [0.717, 1.165) is 47.0 Å². The summed E-state index contributed by atoms with van der Waals surface area (Å²) >= 11 is 0. The number of anilines is 1. The van der Waals surface area contributed by atoms with Crippen LogP contribution in [0.1, 0.15) is 22.8 Å². The summed E-state index contributed by atoms with van der Waals surface area (Å²) in [5, 5.41) is 7.73. The van der Waals surface area contributed by atoms with Gasteiger partial charge in [0, 0.05) is 48.9 Å². The number of aromatic nitrogens is 5. The predicted octanol–water partition coefficient (Wildman–Crippen LogP) is 2.85. The van der Waals surface area contributed by atoms with Crippen molar-refractivity contribution in [2.45, 2.75) is 27.2 Å². The minimum atomic E-state index is 0.628. The lowest BCUT2D eigenvalue weighted by atomic mass is 10.1. The minimum absolute atomic E-state index is 0.628. The topological polar surface area (TPSA) is 68.5 Å². The molecule has 3 aromatic heterocycles. The second kappa shape index (κ2) is 6.78. The molecule has 0 atom stereocenters. The van der Waals surface area contributed by atoms with Gasteiger partial charge in [0.1, 0.15) is 0 Å². The zero-order valence-electron chi connectivity index (χ0n) is 14.5. The highest BCUT2D eigenvalue weighted by molar-refractivity contribution is 5.65. The molecule has 3 heterocycles. The molecule has 0 aliphatic carbocycles. The van der Waals surface area contributed by atoms with Crippen molar-refractivity contribution in [2.24, 2.45) is 7.05 Å². The normalized spacial score (nSPS) is 10.8. The third kappa shape index (κ3) is 3.42. The molecular weight excluding hydrogens is 300 g/mol. The molecule has 3 rings (SSSR count). The van der Waals surface area contributed by atoms with Crippen molar-refractivity contribution in [1.82, 2.24) is 24.7 Å². The summed E-state index contributed by atoms with van der Waals surface area (Å²) in [6.07, 6.45) is 2.61. The molecule has 0 aliphatic rings. The summed E-state index contributed by atoms with van der Waals surface area (Å²) < 4.78 is 1.88. The molecule has 0 spiro atoms. The smallest absolute Gasteiger partial charge is 0.223 e. The molecule has 0 saturated heterocycles. The Hall–Kier alpha value is -2.76. The Kier molecular flexibility index (Phi) is 4.55. The van der Waals surface area contributed by atoms with Crippen LogP contribution in [0, 0.1) is 20.8 Å². The maximum atomic E-state index is 4.63. The van der Waals surface area contributed by atoms with Crippen LogP contribution in [0.3, 0.4) is 0 Å². The summed E-state index contributed by atoms with van der Waals surface area (Å²) in [5.41, 5.74) is 6.14. The highest BCUT2D eigenvalue weighted by atomic mass is 15.3. The van der Waals surface area contributed by atoms with Crippen LogP contribution in [-0.2, 0) is 13.5 Å². The molecule has 0 unspecified atom stereocenters. The number of aryl methyl sites for hydroxylation is 3. The van der Waals surface area contributed by atoms with Crippen molar-refractivity contribution >= 4 is 5.95 Å². The molecule has 0 fully saturated rings. The Morgan fingerprint density at radius 3 is 2.62 bits per heavy atom. The molecule has 0 bridgehead atoms. The fourth-order valence-corrected chi connectivity index (χ4v) is 2.77. The van der Waals surface area contributed by atoms with Gasteiger partial charge in [-0.1, -0.05) is 6.07 Å². The van der Waals surface area contributed by atoms with E-state index in [2.05, 4.69) is 25.4 Å². The van der Waals surface area contributed by atoms with Crippen LogP contribution < -0.4 is 5.32 Å². The van der Waals surface area contributed by atoms with E-state index in [-0.39, 0.29) is 0 Å². The van der Waals surface area contributed by atoms with Crippen molar-refractivity contribution in [3.8, 4) is 11.3 Å². The number of rotatable bonds is 5. The van der Waals surface area contributed by atoms with E-state index in [1.54, 1.807) is 6.20 Å². The zero-order chi connectivity index (χ0) is 17.1. The molecule has 6 nitrogen and oxygen atoms in total. The van der Waals surface area contributed by atoms with E-state index in [4.69, 9.17) is 0 Å². The first-order chi connectivity index (χ1) is 11.5. The van der Waals surface area contributed by atoms with Crippen molar-refractivity contribution < 1.29 is 0 Å². The Morgan fingerprint density at radius 2 is 1.92 bits per heavy atom. The van der Waals surface area contributed by atoms with Crippen LogP contribution in [0.4, 0.5) is 5.95 Å². The molecule has 0 aromatic carbocycles. The van der Waals surface area contributed by atoms with Crippen LogP contribution in [0.2, 0.25) is 0 Å². The first-order valence-electron chi connectivity index (χ1n) is 8.04. The highest BCUT2D eigenvalue weighted by Gasteiger charge is 2.13. The monoisotopic (exact) mass is 322 g/mol. The Labute approximate surface area is 142 Å². The van der Waals surface area contributed by atoms with Gasteiger partial charge in [0.25, 0.3) is 0 Å². The van der Waals surface area contributed by atoms with Gasteiger partial charge in [-0.15, -0.1) is 0 Å². The fraction of sp³-hybridized carbons (Fsp3) is 0.333. The molecule has 0 amide bonds. The van der Waals surface area contributed by atoms with Crippen molar-refractivity contribution in [1.29, 1.82) is 0 Å². The number of hydrogen-bond acceptors (Lipinski definition) is 5. The summed E-state index contributed by atoms with van der Waals surface area (Å²) in [7, 11) is 1.95. The lowest BCUT2D eigenvalue weighted by molar-refractivity contribution is 0.731. The van der Waals surface area contributed by atoms with Crippen LogP contribution in [0.15, 0.2) is 30.5 Å². The van der Waals surface area contributed by atoms with Gasteiger partial charge in [0.15, 0.2) is 0 Å². The van der Waals surface area contributed by atoms with Gasteiger partial charge < -0.3 is 5.32 Å². The van der Waals surface area contributed by atoms with Gasteiger partial charge in [0.05, 0.1) is 11.4 Å². The third-order valence-electron chi connectivity index (χ3n) is 4.03. The van der Waals surface area contributed by atoms with E-state index < -0.39 is 0 Å². The predicted molar refractivity (Wildman–Crippen MR) is 94.9 cm³/mol. The average molecular weight is 322 g/mol. The quantitative estimate of drug-likeness (QED) is 0.782. The Morgan fingerprint density at radius 1 is 1.08 bits per heavy atom. The summed E-state index contributed by atoms with van der Waals surface area (Å²) in [6, 6.07) is 7.99. The van der Waals surface area contributed by atoms with E-state index in [9.17, 15) is 0 Å². The molecule has 3 aromatic rings. The standard InChI is InChI=1S/C18H22N6/c1-12-6-5-7-15(21-12)8-10-19-18-20-11-9-16(22-18)17-13(2)23-24(4)14(17)3/h5-7,9,11H,8,10H2,1-4H3,(H,19,20,22). The maximum Gasteiger partial charge on any atom is 0.223 e. The van der Waals surface area contributed by atoms with Gasteiger partial charge in [-0.05, 0) is 39.0 Å². The molecule has 6 heteroatoms. The number of nitrogens with one attached hydrogen (secondary N) is 1. The summed E-state index contributed by atoms with van der Waals surface area (Å²) in [4.78, 5) is 13.4. The first-order valence-corrected chi connectivity index (χ1v) is 8.04. The highest BCUT2D eigenvalue weighted by Crippen LogP contribution is 2.24. The van der Waals surface area contributed by atoms with Crippen LogP contribution in [0.5, 0.6) is 0 Å². The van der Waals surface area contributed by atoms with Crippen molar-refractivity contribution in [3.63, 3.8) is 0 Å². The summed E-state index contributed by atoms with van der Waals surface area (Å²) in [6.45, 7) is 6.79. The van der Waals surface area contributed by atoms with Crippen LogP contribution in [0.25, 0.3) is 11.3 Å². The van der Waals surface area contributed by atoms with Gasteiger partial charge in [-0.2, -0.15) is 5.10 Å². The largest absolute Gasteiger partial charge is 0.354 e. The molecule has 0 radical (unpaired) electrons. The molecule has 124 valence electrons. The van der Waals surface area contributed by atoms with E-state index in [1.807, 2.05) is 56.8 Å². The third-order valence-corrected chi connectivity index (χ3v) is 4.03. The Balaban J connectivity index is 1.72. The molecular formula is C18H22N6. The van der Waals surface area contributed by atoms with Crippen LogP contribution >= 0.6 is 0 Å². The maximum absolute atomic E-state index is 4.63. The van der Waals surface area contributed by atoms with Crippen molar-refractivity contribution in [3.05, 3.63) is 53.2 Å². The molecule has 0 saturated carbocycles. The van der Waals surface area contributed by atoms with E-state index >= 15 is 0 Å². The molecule has 24 heavy (non-hydrogen) atoms. The fourth-order valence-electron chi connectivity index (χ4n) is 2.77. The zero-order valence-corrected chi connectivity index (χ0v) is 14.5. The average Bonchev–Trinajstić information content (AvgIpc) is 2.80. The van der Waals surface area contributed by atoms with Crippen molar-refractivity contribution in [2.75, 3.05) is 11.9 Å². The SMILES string of the molecule is Cc1cccc(CCNc2nccc(-c3c(C)nn(C)c3C)n2)n1. The van der Waals surface area contributed by atoms with Crippen LogP contribution in [-0.4, -0.2) is 31.3 Å². The number of hydrogen-bond donors (Lipinski definition) is 1. The summed E-state index contributed by atoms with van der Waals surface area (Å²) in [5.74, 6) is 0.628. The van der Waals surface area contributed by atoms with Gasteiger partial charge in [-0.25, -0.2) is 9.97 Å².